The highest BCUT2D eigenvalue weighted by Gasteiger charge is 2.38. The number of methoxy groups -OCH3 is 1. The highest BCUT2D eigenvalue weighted by atomic mass is 16.5. The average molecular weight is 226 g/mol. The summed E-state index contributed by atoms with van der Waals surface area (Å²) in [5, 5.41) is 0. The van der Waals surface area contributed by atoms with Crippen molar-refractivity contribution in [3.05, 3.63) is 0 Å². The number of nitrogens with zero attached hydrogens (tertiary/aromatic N) is 1. The Morgan fingerprint density at radius 1 is 1.38 bits per heavy atom. The Morgan fingerprint density at radius 3 is 2.62 bits per heavy atom. The molecular weight excluding hydrogens is 204 g/mol. The molecule has 1 saturated heterocycles. The lowest BCUT2D eigenvalue weighted by molar-refractivity contribution is -0.148. The topological polar surface area (TPSA) is 55.6 Å². The predicted octanol–water partition coefficient (Wildman–Crippen LogP) is 0.607. The molecular formula is C12H22N2O2. The number of rotatable bonds is 2. The minimum Gasteiger partial charge on any atom is -0.469 e. The number of likely N-dealkylation sites (tertiary alicyclic amines) is 1. The van der Waals surface area contributed by atoms with Crippen LogP contribution in [0, 0.1) is 11.8 Å². The molecule has 2 N–H and O–H groups in total. The van der Waals surface area contributed by atoms with Crippen LogP contribution in [-0.2, 0) is 9.53 Å². The Bertz CT molecular complexity index is 270. The van der Waals surface area contributed by atoms with Crippen molar-refractivity contribution in [1.29, 1.82) is 0 Å². The molecule has 0 radical (unpaired) electrons. The Labute approximate surface area is 97.1 Å². The summed E-state index contributed by atoms with van der Waals surface area (Å²) in [5.41, 5.74) is 6.02. The second-order valence-electron chi connectivity index (χ2n) is 5.29. The van der Waals surface area contributed by atoms with Gasteiger partial charge in [0.15, 0.2) is 0 Å². The van der Waals surface area contributed by atoms with E-state index in [1.54, 1.807) is 0 Å². The summed E-state index contributed by atoms with van der Waals surface area (Å²) in [7, 11) is 1.46. The van der Waals surface area contributed by atoms with Crippen molar-refractivity contribution < 1.29 is 9.53 Å². The normalized spacial score (nSPS) is 40.2. The Kier molecular flexibility index (Phi) is 3.50. The van der Waals surface area contributed by atoms with E-state index in [0.29, 0.717) is 6.04 Å². The van der Waals surface area contributed by atoms with Crippen LogP contribution in [0.15, 0.2) is 0 Å². The van der Waals surface area contributed by atoms with Gasteiger partial charge < -0.3 is 10.5 Å². The third kappa shape index (κ3) is 2.23. The summed E-state index contributed by atoms with van der Waals surface area (Å²) in [6, 6.07) is 0.754. The van der Waals surface area contributed by atoms with Gasteiger partial charge in [-0.15, -0.1) is 0 Å². The fourth-order valence-electron chi connectivity index (χ4n) is 2.97. The number of hydrogen-bond acceptors (Lipinski definition) is 4. The number of nitrogens with two attached hydrogens (primary N) is 1. The molecule has 4 nitrogen and oxygen atoms in total. The van der Waals surface area contributed by atoms with Gasteiger partial charge in [0, 0.05) is 25.2 Å². The van der Waals surface area contributed by atoms with Crippen molar-refractivity contribution in [2.45, 2.75) is 38.3 Å². The van der Waals surface area contributed by atoms with Gasteiger partial charge in [0.1, 0.15) is 0 Å². The summed E-state index contributed by atoms with van der Waals surface area (Å²) in [6.45, 7) is 4.04. The fraction of sp³-hybridized carbons (Fsp3) is 0.917. The summed E-state index contributed by atoms with van der Waals surface area (Å²) in [6.07, 6.45) is 3.32. The average Bonchev–Trinajstić information content (AvgIpc) is 2.25. The maximum Gasteiger partial charge on any atom is 0.310 e. The van der Waals surface area contributed by atoms with E-state index in [4.69, 9.17) is 10.5 Å². The van der Waals surface area contributed by atoms with Crippen molar-refractivity contribution >= 4 is 5.97 Å². The van der Waals surface area contributed by atoms with Crippen LogP contribution in [0.5, 0.6) is 0 Å². The van der Waals surface area contributed by atoms with Crippen LogP contribution in [0.2, 0.25) is 0 Å². The van der Waals surface area contributed by atoms with Gasteiger partial charge in [-0.2, -0.15) is 0 Å². The van der Waals surface area contributed by atoms with Crippen LogP contribution in [0.25, 0.3) is 0 Å². The largest absolute Gasteiger partial charge is 0.469 e. The van der Waals surface area contributed by atoms with E-state index in [2.05, 4.69) is 11.8 Å². The third-order valence-corrected chi connectivity index (χ3v) is 4.09. The van der Waals surface area contributed by atoms with Gasteiger partial charge >= 0.3 is 5.97 Å². The zero-order chi connectivity index (χ0) is 11.7. The quantitative estimate of drug-likeness (QED) is 0.701. The first-order valence-corrected chi connectivity index (χ1v) is 6.19. The molecule has 2 fully saturated rings. The van der Waals surface area contributed by atoms with Crippen LogP contribution in [0.1, 0.15) is 26.2 Å². The van der Waals surface area contributed by atoms with Crippen molar-refractivity contribution in [2.24, 2.45) is 17.6 Å². The molecule has 4 atom stereocenters. The van der Waals surface area contributed by atoms with Gasteiger partial charge in [0.2, 0.25) is 0 Å². The van der Waals surface area contributed by atoms with E-state index in [-0.39, 0.29) is 17.9 Å². The molecule has 0 spiro atoms. The van der Waals surface area contributed by atoms with Crippen LogP contribution in [0.3, 0.4) is 0 Å². The molecule has 0 bridgehead atoms. The standard InChI is InChI=1S/C12H22N2O2/c1-8-3-4-11(8)14-6-9(12(15)16-2)5-10(13)7-14/h8-11H,3-7,13H2,1-2H3. The summed E-state index contributed by atoms with van der Waals surface area (Å²) in [5.74, 6) is 0.622. The third-order valence-electron chi connectivity index (χ3n) is 4.09. The number of carbonyl (C=O) groups is 1. The molecule has 92 valence electrons. The maximum absolute atomic E-state index is 11.6. The number of hydrogen-bond donors (Lipinski definition) is 1. The Balaban J connectivity index is 1.96. The first-order valence-electron chi connectivity index (χ1n) is 6.19. The fourth-order valence-corrected chi connectivity index (χ4v) is 2.97. The lowest BCUT2D eigenvalue weighted by Crippen LogP contribution is -2.56. The molecule has 4 heteroatoms. The molecule has 2 aliphatic rings. The molecule has 1 aliphatic heterocycles. The predicted molar refractivity (Wildman–Crippen MR) is 61.9 cm³/mol. The van der Waals surface area contributed by atoms with Gasteiger partial charge in [-0.1, -0.05) is 6.92 Å². The van der Waals surface area contributed by atoms with Gasteiger partial charge in [0.05, 0.1) is 13.0 Å². The van der Waals surface area contributed by atoms with Gasteiger partial charge in [-0.25, -0.2) is 0 Å². The van der Waals surface area contributed by atoms with Crippen molar-refractivity contribution in [3.63, 3.8) is 0 Å². The highest BCUT2D eigenvalue weighted by molar-refractivity contribution is 5.72. The van der Waals surface area contributed by atoms with Gasteiger partial charge in [-0.05, 0) is 25.2 Å². The molecule has 1 heterocycles. The van der Waals surface area contributed by atoms with Gasteiger partial charge in [0.25, 0.3) is 0 Å². The van der Waals surface area contributed by atoms with E-state index in [0.717, 1.165) is 25.4 Å². The molecule has 0 aromatic carbocycles. The second-order valence-corrected chi connectivity index (χ2v) is 5.29. The molecule has 4 unspecified atom stereocenters. The van der Waals surface area contributed by atoms with E-state index >= 15 is 0 Å². The molecule has 2 rings (SSSR count). The number of esters is 1. The number of carbonyl (C=O) groups excluding carboxylic acids is 1. The van der Waals surface area contributed by atoms with Crippen molar-refractivity contribution in [1.82, 2.24) is 4.90 Å². The van der Waals surface area contributed by atoms with Crippen LogP contribution in [-0.4, -0.2) is 43.2 Å². The Morgan fingerprint density at radius 2 is 2.12 bits per heavy atom. The van der Waals surface area contributed by atoms with E-state index in [1.807, 2.05) is 0 Å². The first kappa shape index (κ1) is 11.9. The molecule has 1 saturated carbocycles. The maximum atomic E-state index is 11.6. The molecule has 0 aromatic rings. The van der Waals surface area contributed by atoms with Gasteiger partial charge in [-0.3, -0.25) is 9.69 Å². The Hall–Kier alpha value is -0.610. The van der Waals surface area contributed by atoms with Crippen LogP contribution < -0.4 is 5.73 Å². The van der Waals surface area contributed by atoms with Crippen LogP contribution >= 0.6 is 0 Å². The smallest absolute Gasteiger partial charge is 0.310 e. The highest BCUT2D eigenvalue weighted by Crippen LogP contribution is 2.34. The summed E-state index contributed by atoms with van der Waals surface area (Å²) >= 11 is 0. The minimum absolute atomic E-state index is 0.0263. The van der Waals surface area contributed by atoms with E-state index in [1.165, 1.54) is 20.0 Å². The summed E-state index contributed by atoms with van der Waals surface area (Å²) < 4.78 is 4.82. The molecule has 16 heavy (non-hydrogen) atoms. The van der Waals surface area contributed by atoms with E-state index < -0.39 is 0 Å². The molecule has 0 amide bonds. The first-order chi connectivity index (χ1) is 7.61. The summed E-state index contributed by atoms with van der Waals surface area (Å²) in [4.78, 5) is 14.0. The zero-order valence-corrected chi connectivity index (χ0v) is 10.2. The van der Waals surface area contributed by atoms with Crippen molar-refractivity contribution in [2.75, 3.05) is 20.2 Å². The SMILES string of the molecule is COC(=O)C1CC(N)CN(C2CCC2C)C1. The molecule has 0 aromatic heterocycles. The number of ether oxygens (including phenoxy) is 1. The van der Waals surface area contributed by atoms with Crippen molar-refractivity contribution in [3.8, 4) is 0 Å². The second kappa shape index (κ2) is 4.72. The minimum atomic E-state index is -0.105. The molecule has 1 aliphatic carbocycles. The monoisotopic (exact) mass is 226 g/mol. The lowest BCUT2D eigenvalue weighted by Gasteiger charge is -2.47. The zero-order valence-electron chi connectivity index (χ0n) is 10.2. The van der Waals surface area contributed by atoms with Crippen LogP contribution in [0.4, 0.5) is 0 Å². The lowest BCUT2D eigenvalue weighted by atomic mass is 9.78. The number of piperidine rings is 1. The van der Waals surface area contributed by atoms with E-state index in [9.17, 15) is 4.79 Å².